The van der Waals surface area contributed by atoms with E-state index < -0.39 is 0 Å². The third-order valence-electron chi connectivity index (χ3n) is 4.00. The summed E-state index contributed by atoms with van der Waals surface area (Å²) < 4.78 is 1.67. The Hall–Kier alpha value is -2.41. The quantitative estimate of drug-likeness (QED) is 0.758. The van der Waals surface area contributed by atoms with Crippen LogP contribution in [-0.4, -0.2) is 31.9 Å². The maximum absolute atomic E-state index is 12.3. The van der Waals surface area contributed by atoms with Crippen LogP contribution in [0.3, 0.4) is 0 Å². The maximum atomic E-state index is 12.3. The van der Waals surface area contributed by atoms with Crippen molar-refractivity contribution < 1.29 is 9.90 Å². The van der Waals surface area contributed by atoms with E-state index in [2.05, 4.69) is 15.4 Å². The zero-order valence-electron chi connectivity index (χ0n) is 12.2. The van der Waals surface area contributed by atoms with Gasteiger partial charge in [-0.15, -0.1) is 0 Å². The van der Waals surface area contributed by atoms with Crippen LogP contribution in [-0.2, 0) is 7.05 Å². The largest absolute Gasteiger partial charge is 0.393 e. The topological polar surface area (TPSA) is 100 Å². The van der Waals surface area contributed by atoms with Gasteiger partial charge in [-0.2, -0.15) is 5.10 Å². The van der Waals surface area contributed by atoms with E-state index in [1.807, 2.05) is 13.2 Å². The predicted molar refractivity (Wildman–Crippen MR) is 79.2 cm³/mol. The summed E-state index contributed by atoms with van der Waals surface area (Å²) in [5.74, 6) is -0.175. The molecule has 0 bridgehead atoms. The monoisotopic (exact) mass is 302 g/mol. The minimum atomic E-state index is -0.340. The number of aliphatic hydroxyl groups excluding tert-OH is 1. The molecule has 3 N–H and O–H groups in total. The molecule has 7 heteroatoms. The number of aromatic nitrogens is 3. The molecular weight excluding hydrogens is 284 g/mol. The molecule has 1 saturated carbocycles. The number of aryl methyl sites for hydroxylation is 1. The van der Waals surface area contributed by atoms with Gasteiger partial charge in [0.25, 0.3) is 5.91 Å². The Labute approximate surface area is 127 Å². The van der Waals surface area contributed by atoms with E-state index in [0.717, 1.165) is 5.56 Å². The van der Waals surface area contributed by atoms with E-state index in [1.165, 1.54) is 6.07 Å². The molecule has 2 heterocycles. The fourth-order valence-corrected chi connectivity index (χ4v) is 2.78. The number of amides is 1. The molecule has 1 unspecified atom stereocenters. The lowest BCUT2D eigenvalue weighted by molar-refractivity contribution is 0.0234. The van der Waals surface area contributed by atoms with Crippen LogP contribution in [0, 0.1) is 5.92 Å². The lowest BCUT2D eigenvalue weighted by atomic mass is 9.75. The summed E-state index contributed by atoms with van der Waals surface area (Å²) in [5, 5.41) is 16.6. The van der Waals surface area contributed by atoms with Crippen molar-refractivity contribution in [3.63, 3.8) is 0 Å². The number of carbonyl (C=O) groups is 1. The normalized spacial score (nSPS) is 21.9. The van der Waals surface area contributed by atoms with E-state index in [9.17, 15) is 14.7 Å². The minimum Gasteiger partial charge on any atom is -0.393 e. The van der Waals surface area contributed by atoms with Gasteiger partial charge in [0.05, 0.1) is 18.3 Å². The van der Waals surface area contributed by atoms with Crippen LogP contribution in [0.5, 0.6) is 0 Å². The van der Waals surface area contributed by atoms with Crippen molar-refractivity contribution in [2.24, 2.45) is 13.0 Å². The van der Waals surface area contributed by atoms with Gasteiger partial charge in [0.15, 0.2) is 0 Å². The van der Waals surface area contributed by atoms with Crippen molar-refractivity contribution in [3.05, 3.63) is 52.2 Å². The Bertz CT molecular complexity index is 730. The first-order chi connectivity index (χ1) is 10.5. The predicted octanol–water partition coefficient (Wildman–Crippen LogP) is 0.350. The average molecular weight is 302 g/mol. The fourth-order valence-electron chi connectivity index (χ4n) is 2.78. The summed E-state index contributed by atoms with van der Waals surface area (Å²) in [4.78, 5) is 26.2. The van der Waals surface area contributed by atoms with Crippen LogP contribution in [0.25, 0.3) is 0 Å². The number of carbonyl (C=O) groups excluding carboxylic acids is 1. The van der Waals surface area contributed by atoms with Crippen molar-refractivity contribution in [1.82, 2.24) is 20.1 Å². The number of aliphatic hydroxyl groups is 1. The number of hydrogen-bond donors (Lipinski definition) is 3. The lowest BCUT2D eigenvalue weighted by Crippen LogP contribution is -2.41. The third-order valence-corrected chi connectivity index (χ3v) is 4.00. The van der Waals surface area contributed by atoms with Crippen LogP contribution in [0.4, 0.5) is 0 Å². The molecule has 3 rings (SSSR count). The number of pyridine rings is 1. The third kappa shape index (κ3) is 2.94. The van der Waals surface area contributed by atoms with E-state index in [-0.39, 0.29) is 35.2 Å². The molecular formula is C15H18N4O3. The molecule has 1 atom stereocenters. The highest BCUT2D eigenvalue weighted by atomic mass is 16.3. The highest BCUT2D eigenvalue weighted by Crippen LogP contribution is 2.38. The highest BCUT2D eigenvalue weighted by Gasteiger charge is 2.36. The van der Waals surface area contributed by atoms with Crippen molar-refractivity contribution in [3.8, 4) is 0 Å². The van der Waals surface area contributed by atoms with Crippen molar-refractivity contribution in [1.29, 1.82) is 0 Å². The van der Waals surface area contributed by atoms with Gasteiger partial charge in [0, 0.05) is 24.9 Å². The summed E-state index contributed by atoms with van der Waals surface area (Å²) in [6.45, 7) is 0. The van der Waals surface area contributed by atoms with Crippen LogP contribution in [0.2, 0.25) is 0 Å². The number of aromatic amines is 1. The summed E-state index contributed by atoms with van der Waals surface area (Å²) in [7, 11) is 1.81. The first-order valence-corrected chi connectivity index (χ1v) is 7.20. The van der Waals surface area contributed by atoms with Crippen molar-refractivity contribution >= 4 is 5.91 Å². The molecule has 2 aromatic rings. The molecule has 2 aromatic heterocycles. The lowest BCUT2D eigenvalue weighted by Gasteiger charge is -2.37. The van der Waals surface area contributed by atoms with Gasteiger partial charge in [-0.1, -0.05) is 6.07 Å². The molecule has 0 radical (unpaired) electrons. The number of H-pyrrole nitrogens is 1. The van der Waals surface area contributed by atoms with Gasteiger partial charge in [0.1, 0.15) is 5.69 Å². The first kappa shape index (κ1) is 14.5. The van der Waals surface area contributed by atoms with Crippen LogP contribution >= 0.6 is 0 Å². The number of nitrogens with zero attached hydrogens (tertiary/aromatic N) is 2. The van der Waals surface area contributed by atoms with Crippen LogP contribution < -0.4 is 10.9 Å². The average Bonchev–Trinajstić information content (AvgIpc) is 2.88. The number of rotatable bonds is 4. The number of nitrogens with one attached hydrogen (secondary N) is 2. The minimum absolute atomic E-state index is 0.165. The summed E-state index contributed by atoms with van der Waals surface area (Å²) in [5.41, 5.74) is 0.803. The van der Waals surface area contributed by atoms with Gasteiger partial charge in [-0.25, -0.2) is 0 Å². The van der Waals surface area contributed by atoms with E-state index >= 15 is 0 Å². The van der Waals surface area contributed by atoms with Gasteiger partial charge in [-0.05, 0) is 24.8 Å². The molecule has 22 heavy (non-hydrogen) atoms. The number of hydrogen-bond acceptors (Lipinski definition) is 4. The summed E-state index contributed by atoms with van der Waals surface area (Å²) in [6.07, 6.45) is 4.54. The molecule has 1 fully saturated rings. The Balaban J connectivity index is 1.81. The van der Waals surface area contributed by atoms with Gasteiger partial charge in [0.2, 0.25) is 5.56 Å². The second kappa shape index (κ2) is 5.76. The SMILES string of the molecule is Cn1cc(C(NC(=O)c2cccc(=O)[nH]2)C2CC(O)C2)cn1. The van der Waals surface area contributed by atoms with Crippen LogP contribution in [0.15, 0.2) is 35.4 Å². The van der Waals surface area contributed by atoms with Crippen LogP contribution in [0.1, 0.15) is 34.9 Å². The molecule has 0 aromatic carbocycles. The molecule has 1 amide bonds. The summed E-state index contributed by atoms with van der Waals surface area (Å²) >= 11 is 0. The van der Waals surface area contributed by atoms with E-state index in [4.69, 9.17) is 0 Å². The highest BCUT2D eigenvalue weighted by molar-refractivity contribution is 5.92. The van der Waals surface area contributed by atoms with E-state index in [1.54, 1.807) is 23.0 Å². The maximum Gasteiger partial charge on any atom is 0.268 e. The zero-order chi connectivity index (χ0) is 15.7. The molecule has 0 aliphatic heterocycles. The van der Waals surface area contributed by atoms with E-state index in [0.29, 0.717) is 12.8 Å². The standard InChI is InChI=1S/C15H18N4O3/c1-19-8-10(7-16-19)14(9-5-11(20)6-9)18-15(22)12-3-2-4-13(21)17-12/h2-4,7-9,11,14,20H,5-6H2,1H3,(H,17,21)(H,18,22). The molecule has 0 saturated heterocycles. The Morgan fingerprint density at radius 2 is 2.27 bits per heavy atom. The fraction of sp³-hybridized carbons (Fsp3) is 0.400. The van der Waals surface area contributed by atoms with Crippen molar-refractivity contribution in [2.75, 3.05) is 0 Å². The van der Waals surface area contributed by atoms with Gasteiger partial charge < -0.3 is 15.4 Å². The molecule has 1 aliphatic rings. The second-order valence-electron chi connectivity index (χ2n) is 5.71. The Kier molecular flexibility index (Phi) is 3.81. The van der Waals surface area contributed by atoms with Crippen molar-refractivity contribution in [2.45, 2.75) is 25.0 Å². The second-order valence-corrected chi connectivity index (χ2v) is 5.71. The molecule has 7 nitrogen and oxygen atoms in total. The summed E-state index contributed by atoms with van der Waals surface area (Å²) in [6, 6.07) is 4.23. The zero-order valence-corrected chi connectivity index (χ0v) is 12.2. The molecule has 1 aliphatic carbocycles. The molecule has 0 spiro atoms. The Morgan fingerprint density at radius 1 is 1.50 bits per heavy atom. The smallest absolute Gasteiger partial charge is 0.268 e. The first-order valence-electron chi connectivity index (χ1n) is 7.20. The van der Waals surface area contributed by atoms with Gasteiger partial charge >= 0.3 is 0 Å². The Morgan fingerprint density at radius 3 is 2.86 bits per heavy atom. The van der Waals surface area contributed by atoms with Gasteiger partial charge in [-0.3, -0.25) is 14.3 Å². The molecule has 116 valence electrons.